The Labute approximate surface area is 130 Å². The molecule has 0 aromatic heterocycles. The molecular weight excluding hydrogens is 260 g/mol. The molecule has 3 rings (SSSR count). The van der Waals surface area contributed by atoms with Crippen molar-refractivity contribution >= 4 is 5.97 Å². The summed E-state index contributed by atoms with van der Waals surface area (Å²) < 4.78 is 0. The molecule has 2 nitrogen and oxygen atoms in total. The van der Waals surface area contributed by atoms with Crippen molar-refractivity contribution in [1.82, 2.24) is 0 Å². The van der Waals surface area contributed by atoms with Crippen molar-refractivity contribution in [2.75, 3.05) is 0 Å². The summed E-state index contributed by atoms with van der Waals surface area (Å²) in [5.74, 6) is 3.27. The van der Waals surface area contributed by atoms with Gasteiger partial charge in [0.05, 0.1) is 5.41 Å². The van der Waals surface area contributed by atoms with E-state index in [1.165, 1.54) is 38.5 Å². The highest BCUT2D eigenvalue weighted by molar-refractivity contribution is 5.74. The fourth-order valence-electron chi connectivity index (χ4n) is 5.69. The number of hydrogen-bond donors (Lipinski definition) is 1. The Kier molecular flexibility index (Phi) is 5.38. The van der Waals surface area contributed by atoms with Crippen molar-refractivity contribution in [3.8, 4) is 0 Å². The molecular formula is C19H34O2. The van der Waals surface area contributed by atoms with Gasteiger partial charge in [-0.2, -0.15) is 0 Å². The summed E-state index contributed by atoms with van der Waals surface area (Å²) in [6.45, 7) is 8.42. The molecule has 0 heterocycles. The molecule has 6 atom stereocenters. The number of carbonyl (C=O) groups is 1. The summed E-state index contributed by atoms with van der Waals surface area (Å²) >= 11 is 0. The van der Waals surface area contributed by atoms with Gasteiger partial charge >= 0.3 is 5.97 Å². The number of carboxylic acids is 1. The van der Waals surface area contributed by atoms with Crippen LogP contribution in [0, 0.1) is 35.0 Å². The second kappa shape index (κ2) is 6.71. The van der Waals surface area contributed by atoms with E-state index >= 15 is 0 Å². The third-order valence-corrected chi connectivity index (χ3v) is 6.76. The Balaban J connectivity index is 0.000000774. The average molecular weight is 294 g/mol. The topological polar surface area (TPSA) is 37.3 Å². The van der Waals surface area contributed by atoms with E-state index in [1.54, 1.807) is 0 Å². The van der Waals surface area contributed by atoms with Crippen molar-refractivity contribution in [3.05, 3.63) is 0 Å². The summed E-state index contributed by atoms with van der Waals surface area (Å²) in [4.78, 5) is 11.7. The van der Waals surface area contributed by atoms with Crippen LogP contribution in [0.25, 0.3) is 0 Å². The van der Waals surface area contributed by atoms with Crippen LogP contribution < -0.4 is 0 Å². The van der Waals surface area contributed by atoms with Crippen LogP contribution in [0.1, 0.15) is 79.1 Å². The van der Waals surface area contributed by atoms with Gasteiger partial charge in [0.2, 0.25) is 0 Å². The third kappa shape index (κ3) is 3.00. The highest BCUT2D eigenvalue weighted by Gasteiger charge is 2.53. The molecule has 0 saturated heterocycles. The first-order chi connectivity index (χ1) is 10.0. The Bertz CT molecular complexity index is 365. The molecule has 3 saturated carbocycles. The molecule has 2 heteroatoms. The van der Waals surface area contributed by atoms with Crippen molar-refractivity contribution < 1.29 is 9.90 Å². The van der Waals surface area contributed by atoms with E-state index in [0.717, 1.165) is 30.6 Å². The molecule has 0 bridgehead atoms. The first-order valence-corrected chi connectivity index (χ1v) is 9.26. The maximum Gasteiger partial charge on any atom is 0.309 e. The molecule has 5 unspecified atom stereocenters. The van der Waals surface area contributed by atoms with Crippen LogP contribution in [-0.4, -0.2) is 11.1 Å². The first-order valence-electron chi connectivity index (χ1n) is 9.26. The van der Waals surface area contributed by atoms with E-state index in [2.05, 4.69) is 6.92 Å². The zero-order chi connectivity index (χ0) is 15.6. The zero-order valence-corrected chi connectivity index (χ0v) is 14.4. The molecule has 0 aromatic rings. The quantitative estimate of drug-likeness (QED) is 0.706. The van der Waals surface area contributed by atoms with Gasteiger partial charge in [-0.1, -0.05) is 33.6 Å². The minimum atomic E-state index is -0.537. The second-order valence-electron chi connectivity index (χ2n) is 7.80. The zero-order valence-electron chi connectivity index (χ0n) is 14.4. The second-order valence-corrected chi connectivity index (χ2v) is 7.80. The standard InChI is InChI=1S/C17H28O2.C2H6/c1-11-5-7-13-12(10-11)6-8-15-14(13)4-3-9-17(15,2)16(18)19;1-2/h11-15H,3-10H2,1-2H3,(H,18,19);1-2H3/t11?,12?,13?,14?,15?,17-;/m1./s1. The summed E-state index contributed by atoms with van der Waals surface area (Å²) in [5.41, 5.74) is -0.434. The predicted octanol–water partition coefficient (Wildman–Crippen LogP) is 5.37. The number of aliphatic carboxylic acids is 1. The number of fused-ring (bicyclic) bond motifs is 3. The SMILES string of the molecule is CC.CC1CCC2C(CCC3C2CCC[C@@]3(C)C(=O)O)C1. The molecule has 0 amide bonds. The molecule has 3 aliphatic rings. The lowest BCUT2D eigenvalue weighted by molar-refractivity contribution is -0.161. The average Bonchev–Trinajstić information content (AvgIpc) is 2.49. The highest BCUT2D eigenvalue weighted by Crippen LogP contribution is 2.57. The summed E-state index contributed by atoms with van der Waals surface area (Å²) in [6, 6.07) is 0. The Hall–Kier alpha value is -0.530. The molecule has 0 radical (unpaired) electrons. The summed E-state index contributed by atoms with van der Waals surface area (Å²) in [7, 11) is 0. The minimum absolute atomic E-state index is 0.434. The summed E-state index contributed by atoms with van der Waals surface area (Å²) in [6.07, 6.45) is 9.91. The largest absolute Gasteiger partial charge is 0.481 e. The van der Waals surface area contributed by atoms with Gasteiger partial charge in [-0.3, -0.25) is 4.79 Å². The van der Waals surface area contributed by atoms with Gasteiger partial charge in [-0.25, -0.2) is 0 Å². The van der Waals surface area contributed by atoms with E-state index in [0.29, 0.717) is 11.8 Å². The van der Waals surface area contributed by atoms with Crippen molar-refractivity contribution in [3.63, 3.8) is 0 Å². The van der Waals surface area contributed by atoms with Crippen LogP contribution >= 0.6 is 0 Å². The molecule has 3 fully saturated rings. The van der Waals surface area contributed by atoms with E-state index < -0.39 is 11.4 Å². The minimum Gasteiger partial charge on any atom is -0.481 e. The number of carboxylic acid groups (broad SMARTS) is 1. The fraction of sp³-hybridized carbons (Fsp3) is 0.947. The van der Waals surface area contributed by atoms with Crippen LogP contribution in [-0.2, 0) is 4.79 Å². The lowest BCUT2D eigenvalue weighted by Gasteiger charge is -2.54. The normalized spacial score (nSPS) is 45.6. The van der Waals surface area contributed by atoms with Gasteiger partial charge in [0.25, 0.3) is 0 Å². The molecule has 3 aliphatic carbocycles. The van der Waals surface area contributed by atoms with Crippen LogP contribution in [0.15, 0.2) is 0 Å². The van der Waals surface area contributed by atoms with Crippen molar-refractivity contribution in [1.29, 1.82) is 0 Å². The van der Waals surface area contributed by atoms with Gasteiger partial charge in [0.1, 0.15) is 0 Å². The van der Waals surface area contributed by atoms with E-state index in [9.17, 15) is 9.90 Å². The van der Waals surface area contributed by atoms with Crippen LogP contribution in [0.5, 0.6) is 0 Å². The van der Waals surface area contributed by atoms with E-state index in [-0.39, 0.29) is 0 Å². The van der Waals surface area contributed by atoms with Gasteiger partial charge in [-0.05, 0) is 75.0 Å². The lowest BCUT2D eigenvalue weighted by Crippen LogP contribution is -2.50. The molecule has 0 aliphatic heterocycles. The Morgan fingerprint density at radius 1 is 1.05 bits per heavy atom. The van der Waals surface area contributed by atoms with Gasteiger partial charge in [0, 0.05) is 0 Å². The van der Waals surface area contributed by atoms with Crippen molar-refractivity contribution in [2.45, 2.75) is 79.1 Å². The molecule has 0 spiro atoms. The maximum atomic E-state index is 11.7. The third-order valence-electron chi connectivity index (χ3n) is 6.76. The fourth-order valence-corrected chi connectivity index (χ4v) is 5.69. The van der Waals surface area contributed by atoms with Gasteiger partial charge < -0.3 is 5.11 Å². The predicted molar refractivity (Wildman–Crippen MR) is 87.2 cm³/mol. The number of hydrogen-bond acceptors (Lipinski definition) is 1. The van der Waals surface area contributed by atoms with E-state index in [1.807, 2.05) is 20.8 Å². The lowest BCUT2D eigenvalue weighted by atomic mass is 9.50. The smallest absolute Gasteiger partial charge is 0.309 e. The molecule has 1 N–H and O–H groups in total. The monoisotopic (exact) mass is 294 g/mol. The van der Waals surface area contributed by atoms with Crippen LogP contribution in [0.4, 0.5) is 0 Å². The molecule has 21 heavy (non-hydrogen) atoms. The van der Waals surface area contributed by atoms with E-state index in [4.69, 9.17) is 0 Å². The van der Waals surface area contributed by atoms with Gasteiger partial charge in [-0.15, -0.1) is 0 Å². The Morgan fingerprint density at radius 3 is 2.43 bits per heavy atom. The summed E-state index contributed by atoms with van der Waals surface area (Å²) in [5, 5.41) is 9.67. The van der Waals surface area contributed by atoms with Crippen LogP contribution in [0.3, 0.4) is 0 Å². The Morgan fingerprint density at radius 2 is 1.76 bits per heavy atom. The number of rotatable bonds is 1. The van der Waals surface area contributed by atoms with Gasteiger partial charge in [0.15, 0.2) is 0 Å². The molecule has 0 aromatic carbocycles. The first kappa shape index (κ1) is 16.8. The van der Waals surface area contributed by atoms with Crippen molar-refractivity contribution in [2.24, 2.45) is 35.0 Å². The maximum absolute atomic E-state index is 11.7. The molecule has 122 valence electrons. The highest BCUT2D eigenvalue weighted by atomic mass is 16.4. The van der Waals surface area contributed by atoms with Crippen LogP contribution in [0.2, 0.25) is 0 Å².